The Labute approximate surface area is 145 Å². The van der Waals surface area contributed by atoms with Gasteiger partial charge in [0.25, 0.3) is 5.56 Å². The Bertz CT molecular complexity index is 1020. The van der Waals surface area contributed by atoms with Crippen LogP contribution in [0.15, 0.2) is 41.2 Å². The summed E-state index contributed by atoms with van der Waals surface area (Å²) in [6.45, 7) is 4.90. The summed E-state index contributed by atoms with van der Waals surface area (Å²) in [6, 6.07) is 11.9. The van der Waals surface area contributed by atoms with Gasteiger partial charge in [0.2, 0.25) is 6.79 Å². The van der Waals surface area contributed by atoms with Crippen LogP contribution in [0.2, 0.25) is 0 Å². The van der Waals surface area contributed by atoms with Gasteiger partial charge in [-0.25, -0.2) is 0 Å². The Morgan fingerprint density at radius 1 is 1.04 bits per heavy atom. The molecule has 5 nitrogen and oxygen atoms in total. The standard InChI is InChI=1S/C20H20N2O3/c1-12-6-14-8-15(20(23)21-17(14)7-13(12)2)10-22(3)16-4-5-18-19(9-16)25-11-24-18/h4-9H,10-11H2,1-3H3,(H,21,23). The molecule has 0 unspecified atom stereocenters. The van der Waals surface area contributed by atoms with Crippen LogP contribution in [0.5, 0.6) is 11.5 Å². The molecule has 0 bridgehead atoms. The van der Waals surface area contributed by atoms with Crippen LogP contribution in [0, 0.1) is 13.8 Å². The van der Waals surface area contributed by atoms with Gasteiger partial charge < -0.3 is 19.4 Å². The molecule has 0 spiro atoms. The zero-order valence-corrected chi connectivity index (χ0v) is 14.6. The lowest BCUT2D eigenvalue weighted by molar-refractivity contribution is 0.174. The van der Waals surface area contributed by atoms with E-state index in [1.807, 2.05) is 42.3 Å². The molecule has 4 rings (SSSR count). The van der Waals surface area contributed by atoms with Crippen molar-refractivity contribution in [3.05, 3.63) is 63.4 Å². The van der Waals surface area contributed by atoms with Crippen LogP contribution in [-0.4, -0.2) is 18.8 Å². The van der Waals surface area contributed by atoms with Gasteiger partial charge in [-0.2, -0.15) is 0 Å². The first-order chi connectivity index (χ1) is 12.0. The van der Waals surface area contributed by atoms with Gasteiger partial charge in [0.05, 0.1) is 0 Å². The van der Waals surface area contributed by atoms with Gasteiger partial charge in [-0.05, 0) is 60.7 Å². The van der Waals surface area contributed by atoms with E-state index < -0.39 is 0 Å². The molecule has 0 saturated carbocycles. The van der Waals surface area contributed by atoms with Crippen LogP contribution in [0.1, 0.15) is 16.7 Å². The Hall–Kier alpha value is -2.95. The van der Waals surface area contributed by atoms with Crippen molar-refractivity contribution in [3.63, 3.8) is 0 Å². The number of ether oxygens (including phenoxy) is 2. The lowest BCUT2D eigenvalue weighted by Gasteiger charge is -2.19. The summed E-state index contributed by atoms with van der Waals surface area (Å²) in [5.74, 6) is 1.49. The maximum Gasteiger partial charge on any atom is 0.253 e. The number of hydrogen-bond acceptors (Lipinski definition) is 4. The van der Waals surface area contributed by atoms with Gasteiger partial charge in [0.1, 0.15) is 0 Å². The van der Waals surface area contributed by atoms with Crippen molar-refractivity contribution in [2.45, 2.75) is 20.4 Å². The van der Waals surface area contributed by atoms with Crippen LogP contribution in [-0.2, 0) is 6.54 Å². The van der Waals surface area contributed by atoms with Crippen molar-refractivity contribution < 1.29 is 9.47 Å². The monoisotopic (exact) mass is 336 g/mol. The molecule has 0 radical (unpaired) electrons. The SMILES string of the molecule is Cc1cc2cc(CN(C)c3ccc4c(c3)OCO4)c(=O)[nH]c2cc1C. The third kappa shape index (κ3) is 2.82. The molecule has 5 heteroatoms. The molecular weight excluding hydrogens is 316 g/mol. The number of anilines is 1. The smallest absolute Gasteiger partial charge is 0.253 e. The number of benzene rings is 2. The number of nitrogens with zero attached hydrogens (tertiary/aromatic N) is 1. The fourth-order valence-electron chi connectivity index (χ4n) is 3.11. The van der Waals surface area contributed by atoms with E-state index in [1.54, 1.807) is 0 Å². The maximum atomic E-state index is 12.5. The highest BCUT2D eigenvalue weighted by atomic mass is 16.7. The number of hydrogen-bond donors (Lipinski definition) is 1. The normalized spacial score (nSPS) is 12.6. The van der Waals surface area contributed by atoms with E-state index in [2.05, 4.69) is 24.9 Å². The van der Waals surface area contributed by atoms with Crippen molar-refractivity contribution in [2.24, 2.45) is 0 Å². The number of aromatic nitrogens is 1. The van der Waals surface area contributed by atoms with Gasteiger partial charge in [0, 0.05) is 36.4 Å². The minimum absolute atomic E-state index is 0.0525. The van der Waals surface area contributed by atoms with Gasteiger partial charge in [-0.1, -0.05) is 0 Å². The second-order valence-corrected chi connectivity index (χ2v) is 6.54. The molecule has 25 heavy (non-hydrogen) atoms. The summed E-state index contributed by atoms with van der Waals surface area (Å²) in [5.41, 5.74) is 4.92. The van der Waals surface area contributed by atoms with E-state index in [0.29, 0.717) is 6.54 Å². The number of pyridine rings is 1. The Kier molecular flexibility index (Phi) is 3.64. The molecule has 0 saturated heterocycles. The predicted molar refractivity (Wildman–Crippen MR) is 98.7 cm³/mol. The highest BCUT2D eigenvalue weighted by Crippen LogP contribution is 2.35. The summed E-state index contributed by atoms with van der Waals surface area (Å²) in [5, 5.41) is 1.05. The van der Waals surface area contributed by atoms with Gasteiger partial charge in [-0.15, -0.1) is 0 Å². The first kappa shape index (κ1) is 15.6. The van der Waals surface area contributed by atoms with E-state index in [-0.39, 0.29) is 12.4 Å². The molecule has 1 N–H and O–H groups in total. The van der Waals surface area contributed by atoms with Crippen LogP contribution < -0.4 is 19.9 Å². The number of H-pyrrole nitrogens is 1. The molecule has 1 aliphatic rings. The summed E-state index contributed by atoms with van der Waals surface area (Å²) in [4.78, 5) is 17.5. The van der Waals surface area contributed by atoms with E-state index in [1.165, 1.54) is 11.1 Å². The van der Waals surface area contributed by atoms with E-state index in [4.69, 9.17) is 9.47 Å². The van der Waals surface area contributed by atoms with Gasteiger partial charge >= 0.3 is 0 Å². The molecule has 1 aromatic heterocycles. The summed E-state index contributed by atoms with van der Waals surface area (Å²) >= 11 is 0. The fraction of sp³-hybridized carbons (Fsp3) is 0.250. The number of nitrogens with one attached hydrogen (secondary N) is 1. The first-order valence-corrected chi connectivity index (χ1v) is 8.25. The second-order valence-electron chi connectivity index (χ2n) is 6.54. The second kappa shape index (κ2) is 5.84. The molecule has 0 fully saturated rings. The molecule has 3 aromatic rings. The Morgan fingerprint density at radius 3 is 2.64 bits per heavy atom. The van der Waals surface area contributed by atoms with Crippen LogP contribution in [0.4, 0.5) is 5.69 Å². The van der Waals surface area contributed by atoms with Crippen molar-refractivity contribution in [1.29, 1.82) is 0 Å². The predicted octanol–water partition coefficient (Wildman–Crippen LogP) is 3.51. The third-order valence-electron chi connectivity index (χ3n) is 4.74. The van der Waals surface area contributed by atoms with Crippen LogP contribution >= 0.6 is 0 Å². The molecular formula is C20H20N2O3. The lowest BCUT2D eigenvalue weighted by Crippen LogP contribution is -2.23. The van der Waals surface area contributed by atoms with Gasteiger partial charge in [-0.3, -0.25) is 4.79 Å². The van der Waals surface area contributed by atoms with Crippen molar-refractivity contribution in [2.75, 3.05) is 18.7 Å². The Balaban J connectivity index is 1.66. The maximum absolute atomic E-state index is 12.5. The van der Waals surface area contributed by atoms with E-state index in [0.717, 1.165) is 33.7 Å². The highest BCUT2D eigenvalue weighted by molar-refractivity contribution is 5.80. The Morgan fingerprint density at radius 2 is 1.80 bits per heavy atom. The van der Waals surface area contributed by atoms with Crippen LogP contribution in [0.25, 0.3) is 10.9 Å². The number of aromatic amines is 1. The van der Waals surface area contributed by atoms with Crippen LogP contribution in [0.3, 0.4) is 0 Å². The zero-order chi connectivity index (χ0) is 17.6. The average Bonchev–Trinajstić information content (AvgIpc) is 3.05. The molecule has 2 aromatic carbocycles. The van der Waals surface area contributed by atoms with Crippen molar-refractivity contribution in [1.82, 2.24) is 4.98 Å². The lowest BCUT2D eigenvalue weighted by atomic mass is 10.0. The van der Waals surface area contributed by atoms with Crippen molar-refractivity contribution in [3.8, 4) is 11.5 Å². The zero-order valence-electron chi connectivity index (χ0n) is 14.6. The topological polar surface area (TPSA) is 54.6 Å². The quantitative estimate of drug-likeness (QED) is 0.795. The summed E-state index contributed by atoms with van der Waals surface area (Å²) in [6.07, 6.45) is 0. The van der Waals surface area contributed by atoms with E-state index in [9.17, 15) is 4.79 Å². The first-order valence-electron chi connectivity index (χ1n) is 8.25. The molecule has 2 heterocycles. The minimum Gasteiger partial charge on any atom is -0.454 e. The largest absolute Gasteiger partial charge is 0.454 e. The fourth-order valence-corrected chi connectivity index (χ4v) is 3.11. The highest BCUT2D eigenvalue weighted by Gasteiger charge is 2.15. The van der Waals surface area contributed by atoms with Crippen molar-refractivity contribution >= 4 is 16.6 Å². The number of rotatable bonds is 3. The molecule has 1 aliphatic heterocycles. The molecule has 0 amide bonds. The average molecular weight is 336 g/mol. The minimum atomic E-state index is -0.0525. The third-order valence-corrected chi connectivity index (χ3v) is 4.74. The summed E-state index contributed by atoms with van der Waals surface area (Å²) < 4.78 is 10.8. The van der Waals surface area contributed by atoms with Gasteiger partial charge in [0.15, 0.2) is 11.5 Å². The van der Waals surface area contributed by atoms with E-state index >= 15 is 0 Å². The molecule has 128 valence electrons. The number of fused-ring (bicyclic) bond motifs is 2. The molecule has 0 aliphatic carbocycles. The summed E-state index contributed by atoms with van der Waals surface area (Å²) in [7, 11) is 1.96. The number of aryl methyl sites for hydroxylation is 2. The molecule has 0 atom stereocenters.